The number of hydrogen-bond acceptors (Lipinski definition) is 5. The highest BCUT2D eigenvalue weighted by molar-refractivity contribution is 7.89. The van der Waals surface area contributed by atoms with Gasteiger partial charge in [0.15, 0.2) is 5.82 Å². The molecule has 27 heavy (non-hydrogen) atoms. The van der Waals surface area contributed by atoms with Crippen LogP contribution in [0.1, 0.15) is 0 Å². The Hall–Kier alpha value is -2.92. The summed E-state index contributed by atoms with van der Waals surface area (Å²) in [6.07, 6.45) is 3.13. The smallest absolute Gasteiger partial charge is 0.278 e. The molecule has 11 heteroatoms. The Balaban J connectivity index is 1.75. The fourth-order valence-electron chi connectivity index (χ4n) is 2.44. The van der Waals surface area contributed by atoms with Gasteiger partial charge in [0, 0.05) is 37.6 Å². The number of rotatable bonds is 6. The van der Waals surface area contributed by atoms with Gasteiger partial charge in [-0.05, 0) is 24.3 Å². The Morgan fingerprint density at radius 2 is 2.00 bits per heavy atom. The molecule has 0 saturated carbocycles. The van der Waals surface area contributed by atoms with Gasteiger partial charge in [-0.1, -0.05) is 0 Å². The fourth-order valence-corrected chi connectivity index (χ4v) is 3.52. The summed E-state index contributed by atoms with van der Waals surface area (Å²) in [4.78, 5) is 15.5. The third-order valence-electron chi connectivity index (χ3n) is 3.76. The van der Waals surface area contributed by atoms with E-state index in [0.717, 1.165) is 16.8 Å². The van der Waals surface area contributed by atoms with Crippen LogP contribution in [-0.2, 0) is 23.6 Å². The normalized spacial score (nSPS) is 11.7. The lowest BCUT2D eigenvalue weighted by Crippen LogP contribution is -2.32. The minimum atomic E-state index is -4.20. The molecule has 142 valence electrons. The highest BCUT2D eigenvalue weighted by atomic mass is 32.2. The number of nitrogens with one attached hydrogen (secondary N) is 1. The molecule has 0 fully saturated rings. The first-order valence-electron chi connectivity index (χ1n) is 7.78. The molecule has 0 aliphatic rings. The first-order chi connectivity index (χ1) is 12.8. The van der Waals surface area contributed by atoms with Gasteiger partial charge in [0.2, 0.25) is 10.0 Å². The topological polar surface area (TPSA) is 98.9 Å². The average molecular weight is 395 g/mol. The Bertz CT molecular complexity index is 1130. The number of halogens is 2. The molecule has 0 atom stereocenters. The Kier molecular flexibility index (Phi) is 5.15. The van der Waals surface area contributed by atoms with E-state index >= 15 is 0 Å². The van der Waals surface area contributed by atoms with Crippen LogP contribution in [0.5, 0.6) is 0 Å². The molecule has 3 aromatic rings. The van der Waals surface area contributed by atoms with Gasteiger partial charge in [0.25, 0.3) is 0 Å². The van der Waals surface area contributed by atoms with Gasteiger partial charge in [-0.2, -0.15) is 0 Å². The average Bonchev–Trinajstić information content (AvgIpc) is 2.90. The number of pyridine rings is 1. The molecule has 0 aliphatic heterocycles. The standard InChI is InChI=1S/C16H15F2N5O3S/c1-22-15(11-3-2-6-19-10-11)21-23(16(22)24)8-7-20-27(25,26)14-5-4-12(17)9-13(14)18/h2-6,9-10,20H,7-8H2,1H3. The zero-order valence-electron chi connectivity index (χ0n) is 14.1. The van der Waals surface area contributed by atoms with Crippen molar-refractivity contribution in [2.24, 2.45) is 7.05 Å². The van der Waals surface area contributed by atoms with E-state index in [9.17, 15) is 22.0 Å². The largest absolute Gasteiger partial charge is 0.345 e. The summed E-state index contributed by atoms with van der Waals surface area (Å²) >= 11 is 0. The van der Waals surface area contributed by atoms with E-state index in [2.05, 4.69) is 14.8 Å². The molecule has 1 aromatic carbocycles. The van der Waals surface area contributed by atoms with Crippen molar-refractivity contribution in [3.63, 3.8) is 0 Å². The van der Waals surface area contributed by atoms with Crippen LogP contribution in [0.15, 0.2) is 52.4 Å². The molecular weight excluding hydrogens is 380 g/mol. The molecule has 0 bridgehead atoms. The summed E-state index contributed by atoms with van der Waals surface area (Å²) in [6, 6.07) is 5.60. The Labute approximate surface area is 153 Å². The second-order valence-corrected chi connectivity index (χ2v) is 7.34. The molecule has 0 saturated heterocycles. The predicted octanol–water partition coefficient (Wildman–Crippen LogP) is 0.900. The van der Waals surface area contributed by atoms with Crippen molar-refractivity contribution in [1.82, 2.24) is 24.1 Å². The number of benzene rings is 1. The summed E-state index contributed by atoms with van der Waals surface area (Å²) in [5, 5.41) is 4.17. The number of aromatic nitrogens is 4. The second kappa shape index (κ2) is 7.37. The molecular formula is C16H15F2N5O3S. The van der Waals surface area contributed by atoms with Crippen LogP contribution in [0.25, 0.3) is 11.4 Å². The van der Waals surface area contributed by atoms with Crippen LogP contribution < -0.4 is 10.4 Å². The van der Waals surface area contributed by atoms with Crippen molar-refractivity contribution in [3.05, 3.63) is 64.8 Å². The van der Waals surface area contributed by atoms with Gasteiger partial charge in [-0.3, -0.25) is 9.55 Å². The second-order valence-electron chi connectivity index (χ2n) is 5.60. The summed E-state index contributed by atoms with van der Waals surface area (Å²) in [5.41, 5.74) is 0.186. The Morgan fingerprint density at radius 1 is 1.22 bits per heavy atom. The van der Waals surface area contributed by atoms with Crippen molar-refractivity contribution < 1.29 is 17.2 Å². The Morgan fingerprint density at radius 3 is 2.67 bits per heavy atom. The molecule has 8 nitrogen and oxygen atoms in total. The third kappa shape index (κ3) is 3.93. The molecule has 2 aromatic heterocycles. The van der Waals surface area contributed by atoms with Crippen molar-refractivity contribution in [1.29, 1.82) is 0 Å². The predicted molar refractivity (Wildman–Crippen MR) is 92.2 cm³/mol. The number of sulfonamides is 1. The van der Waals surface area contributed by atoms with E-state index in [4.69, 9.17) is 0 Å². The molecule has 3 rings (SSSR count). The fraction of sp³-hybridized carbons (Fsp3) is 0.188. The number of hydrogen-bond donors (Lipinski definition) is 1. The van der Waals surface area contributed by atoms with E-state index in [1.807, 2.05) is 0 Å². The molecule has 0 unspecified atom stereocenters. The van der Waals surface area contributed by atoms with E-state index in [1.54, 1.807) is 24.5 Å². The van der Waals surface area contributed by atoms with Crippen molar-refractivity contribution in [3.8, 4) is 11.4 Å². The van der Waals surface area contributed by atoms with Crippen LogP contribution in [-0.4, -0.2) is 34.3 Å². The maximum atomic E-state index is 13.7. The summed E-state index contributed by atoms with van der Waals surface area (Å²) in [6.45, 7) is -0.280. The van der Waals surface area contributed by atoms with E-state index in [-0.39, 0.29) is 13.1 Å². The lowest BCUT2D eigenvalue weighted by atomic mass is 10.3. The summed E-state index contributed by atoms with van der Waals surface area (Å²) in [5.74, 6) is -1.70. The molecule has 0 spiro atoms. The zero-order chi connectivity index (χ0) is 19.6. The van der Waals surface area contributed by atoms with Crippen LogP contribution in [0.3, 0.4) is 0 Å². The van der Waals surface area contributed by atoms with Crippen molar-refractivity contribution >= 4 is 10.0 Å². The maximum Gasteiger partial charge on any atom is 0.345 e. The molecule has 2 heterocycles. The van der Waals surface area contributed by atoms with Gasteiger partial charge < -0.3 is 0 Å². The first kappa shape index (κ1) is 18.9. The van der Waals surface area contributed by atoms with E-state index in [0.29, 0.717) is 17.5 Å². The highest BCUT2D eigenvalue weighted by Gasteiger charge is 2.19. The summed E-state index contributed by atoms with van der Waals surface area (Å²) < 4.78 is 55.4. The lowest BCUT2D eigenvalue weighted by Gasteiger charge is -2.07. The zero-order valence-corrected chi connectivity index (χ0v) is 14.9. The maximum absolute atomic E-state index is 13.7. The highest BCUT2D eigenvalue weighted by Crippen LogP contribution is 2.15. The molecule has 1 N–H and O–H groups in total. The lowest BCUT2D eigenvalue weighted by molar-refractivity contribution is 0.532. The van der Waals surface area contributed by atoms with E-state index < -0.39 is 32.2 Å². The van der Waals surface area contributed by atoms with Crippen LogP contribution >= 0.6 is 0 Å². The number of nitrogens with zero attached hydrogens (tertiary/aromatic N) is 4. The third-order valence-corrected chi connectivity index (χ3v) is 5.25. The summed E-state index contributed by atoms with van der Waals surface area (Å²) in [7, 11) is -2.66. The van der Waals surface area contributed by atoms with Crippen LogP contribution in [0.2, 0.25) is 0 Å². The van der Waals surface area contributed by atoms with Gasteiger partial charge in [-0.15, -0.1) is 5.10 Å². The van der Waals surface area contributed by atoms with Gasteiger partial charge in [0.05, 0.1) is 6.54 Å². The van der Waals surface area contributed by atoms with Crippen molar-refractivity contribution in [2.45, 2.75) is 11.4 Å². The quantitative estimate of drug-likeness (QED) is 0.669. The van der Waals surface area contributed by atoms with Crippen LogP contribution in [0, 0.1) is 11.6 Å². The first-order valence-corrected chi connectivity index (χ1v) is 9.27. The monoisotopic (exact) mass is 395 g/mol. The van der Waals surface area contributed by atoms with Crippen molar-refractivity contribution in [2.75, 3.05) is 6.54 Å². The minimum absolute atomic E-state index is 0.0744. The van der Waals surface area contributed by atoms with Crippen LogP contribution in [0.4, 0.5) is 8.78 Å². The van der Waals surface area contributed by atoms with E-state index in [1.165, 1.54) is 11.6 Å². The SMILES string of the molecule is Cn1c(-c2cccnc2)nn(CCNS(=O)(=O)c2ccc(F)cc2F)c1=O. The van der Waals surface area contributed by atoms with Gasteiger partial charge in [-0.25, -0.2) is 31.4 Å². The minimum Gasteiger partial charge on any atom is -0.278 e. The molecule has 0 radical (unpaired) electrons. The molecule has 0 amide bonds. The van der Waals surface area contributed by atoms with Gasteiger partial charge >= 0.3 is 5.69 Å². The molecule has 0 aliphatic carbocycles. The van der Waals surface area contributed by atoms with Gasteiger partial charge in [0.1, 0.15) is 16.5 Å².